The predicted molar refractivity (Wildman–Crippen MR) is 122 cm³/mol. The summed E-state index contributed by atoms with van der Waals surface area (Å²) < 4.78 is 31.7. The molecule has 1 unspecified atom stereocenters. The highest BCUT2D eigenvalue weighted by atomic mass is 19.4. The number of likely N-dealkylation sites (tertiary alicyclic amines) is 1. The normalized spacial score (nSPS) is 19.0. The third-order valence-corrected chi connectivity index (χ3v) is 5.64. The zero-order chi connectivity index (χ0) is 26.3. The molecule has 1 aromatic carbocycles. The maximum Gasteiger partial charge on any atom is 0.490 e. The number of aliphatic carboxylic acids is 1. The van der Waals surface area contributed by atoms with Gasteiger partial charge in [0.1, 0.15) is 5.71 Å². The van der Waals surface area contributed by atoms with E-state index in [-0.39, 0.29) is 11.8 Å². The van der Waals surface area contributed by atoms with E-state index in [0.29, 0.717) is 37.3 Å². The number of hydrogen-bond acceptors (Lipinski definition) is 6. The molecule has 2 amide bonds. The zero-order valence-corrected chi connectivity index (χ0v) is 19.4. The lowest BCUT2D eigenvalue weighted by Crippen LogP contribution is -2.51. The summed E-state index contributed by atoms with van der Waals surface area (Å²) >= 11 is 0. The molecular formula is C24H25F3N4O5. The number of nitrogens with zero attached hydrogens (tertiary/aromatic N) is 3. The molecule has 9 nitrogen and oxygen atoms in total. The van der Waals surface area contributed by atoms with Gasteiger partial charge in [-0.3, -0.25) is 14.6 Å². The van der Waals surface area contributed by atoms with Gasteiger partial charge in [-0.05, 0) is 43.5 Å². The summed E-state index contributed by atoms with van der Waals surface area (Å²) in [5, 5.41) is 14.0. The molecule has 36 heavy (non-hydrogen) atoms. The van der Waals surface area contributed by atoms with Crippen LogP contribution >= 0.6 is 0 Å². The van der Waals surface area contributed by atoms with Crippen LogP contribution in [0.4, 0.5) is 13.2 Å². The maximum atomic E-state index is 12.9. The molecule has 2 N–H and O–H groups in total. The van der Waals surface area contributed by atoms with Gasteiger partial charge in [0.15, 0.2) is 5.60 Å². The third kappa shape index (κ3) is 7.03. The number of carbonyl (C=O) groups excluding carboxylic acids is 2. The van der Waals surface area contributed by atoms with Crippen molar-refractivity contribution < 1.29 is 37.5 Å². The Bertz CT molecular complexity index is 1120. The van der Waals surface area contributed by atoms with Crippen LogP contribution in [0.1, 0.15) is 40.7 Å². The Hall–Kier alpha value is -3.96. The molecule has 0 bridgehead atoms. The van der Waals surface area contributed by atoms with Crippen LogP contribution in [-0.4, -0.2) is 63.4 Å². The molecule has 0 aliphatic carbocycles. The number of amides is 2. The average Bonchev–Trinajstić information content (AvgIpc) is 3.26. The largest absolute Gasteiger partial charge is 0.490 e. The Morgan fingerprint density at radius 2 is 1.89 bits per heavy atom. The molecule has 3 heterocycles. The molecule has 192 valence electrons. The van der Waals surface area contributed by atoms with E-state index in [1.165, 1.54) is 0 Å². The number of pyridine rings is 1. The number of carboxylic acids is 1. The van der Waals surface area contributed by atoms with Crippen molar-refractivity contribution in [2.75, 3.05) is 13.1 Å². The summed E-state index contributed by atoms with van der Waals surface area (Å²) in [6, 6.07) is 11.3. The number of aryl methyl sites for hydroxylation is 1. The Morgan fingerprint density at radius 1 is 1.19 bits per heavy atom. The first-order valence-corrected chi connectivity index (χ1v) is 11.1. The molecule has 1 spiro atoms. The van der Waals surface area contributed by atoms with Crippen LogP contribution in [0.5, 0.6) is 0 Å². The number of carbonyl (C=O) groups is 3. The minimum absolute atomic E-state index is 0.0119. The van der Waals surface area contributed by atoms with Crippen LogP contribution in [0.3, 0.4) is 0 Å². The Balaban J connectivity index is 0.000000454. The van der Waals surface area contributed by atoms with E-state index in [0.717, 1.165) is 24.0 Å². The van der Waals surface area contributed by atoms with Crippen molar-refractivity contribution in [2.45, 2.75) is 44.5 Å². The Morgan fingerprint density at radius 3 is 2.50 bits per heavy atom. The van der Waals surface area contributed by atoms with E-state index in [1.54, 1.807) is 17.3 Å². The smallest absolute Gasteiger partial charge is 0.475 e. The van der Waals surface area contributed by atoms with E-state index >= 15 is 0 Å². The number of alkyl halides is 3. The van der Waals surface area contributed by atoms with Gasteiger partial charge < -0.3 is 20.2 Å². The summed E-state index contributed by atoms with van der Waals surface area (Å²) in [7, 11) is 0. The lowest BCUT2D eigenvalue weighted by molar-refractivity contribution is -0.192. The average molecular weight is 506 g/mol. The summed E-state index contributed by atoms with van der Waals surface area (Å²) in [4.78, 5) is 45.8. The van der Waals surface area contributed by atoms with Gasteiger partial charge in [0.05, 0.1) is 6.54 Å². The van der Waals surface area contributed by atoms with Gasteiger partial charge in [0.2, 0.25) is 0 Å². The second-order valence-electron chi connectivity index (χ2n) is 8.53. The van der Waals surface area contributed by atoms with Crippen molar-refractivity contribution in [3.63, 3.8) is 0 Å². The molecule has 1 atom stereocenters. The van der Waals surface area contributed by atoms with E-state index < -0.39 is 17.7 Å². The summed E-state index contributed by atoms with van der Waals surface area (Å²) in [5.41, 5.74) is 2.47. The van der Waals surface area contributed by atoms with Gasteiger partial charge in [-0.15, -0.1) is 0 Å². The first-order chi connectivity index (χ1) is 17.0. The molecule has 1 aromatic heterocycles. The van der Waals surface area contributed by atoms with Crippen molar-refractivity contribution in [3.05, 3.63) is 65.5 Å². The summed E-state index contributed by atoms with van der Waals surface area (Å²) in [6.45, 7) is 3.49. The topological polar surface area (TPSA) is 121 Å². The molecule has 0 radical (unpaired) electrons. The number of nitrogens with one attached hydrogen (secondary N) is 1. The number of piperidine rings is 1. The summed E-state index contributed by atoms with van der Waals surface area (Å²) in [6.07, 6.45) is 0.315. The number of hydrogen-bond donors (Lipinski definition) is 2. The molecule has 2 aliphatic heterocycles. The van der Waals surface area contributed by atoms with Crippen LogP contribution in [0.2, 0.25) is 0 Å². The first kappa shape index (κ1) is 26.6. The number of rotatable bonds is 4. The van der Waals surface area contributed by atoms with E-state index in [4.69, 9.17) is 14.7 Å². The standard InChI is InChI=1S/C22H24N4O3.C2HF3O2/c1-16-5-7-18(8-6-16)21(28)26-11-3-9-22(15-26)12-19(25-29-22)20(27)24-14-17-4-2-10-23-13-17;3-2(4,5)1(6)7/h2,4-8,10,13H,3,9,11-12,14-15H2,1H3,(H,24,27);(H,6,7). The van der Waals surface area contributed by atoms with Crippen LogP contribution in [-0.2, 0) is 21.0 Å². The number of oxime groups is 1. The van der Waals surface area contributed by atoms with E-state index in [9.17, 15) is 22.8 Å². The predicted octanol–water partition coefficient (Wildman–Crippen LogP) is 3.09. The van der Waals surface area contributed by atoms with Crippen LogP contribution in [0, 0.1) is 6.92 Å². The fraction of sp³-hybridized carbons (Fsp3) is 0.375. The quantitative estimate of drug-likeness (QED) is 0.658. The van der Waals surface area contributed by atoms with Crippen LogP contribution in [0.25, 0.3) is 0 Å². The minimum Gasteiger partial charge on any atom is -0.475 e. The highest BCUT2D eigenvalue weighted by Crippen LogP contribution is 2.34. The zero-order valence-electron chi connectivity index (χ0n) is 19.4. The molecular weight excluding hydrogens is 481 g/mol. The fourth-order valence-electron chi connectivity index (χ4n) is 3.80. The molecule has 1 fully saturated rings. The Kier molecular flexibility index (Phi) is 8.28. The van der Waals surface area contributed by atoms with Crippen molar-refractivity contribution in [1.82, 2.24) is 15.2 Å². The van der Waals surface area contributed by atoms with Gasteiger partial charge in [0.25, 0.3) is 11.8 Å². The number of carboxylic acid groups (broad SMARTS) is 1. The SMILES string of the molecule is Cc1ccc(C(=O)N2CCCC3(CC(C(=O)NCc4cccnc4)=NO3)C2)cc1.O=C(O)C(F)(F)F. The lowest BCUT2D eigenvalue weighted by Gasteiger charge is -2.38. The monoisotopic (exact) mass is 506 g/mol. The number of aromatic nitrogens is 1. The van der Waals surface area contributed by atoms with E-state index in [2.05, 4.69) is 15.5 Å². The number of halogens is 3. The van der Waals surface area contributed by atoms with Gasteiger partial charge in [-0.1, -0.05) is 28.9 Å². The lowest BCUT2D eigenvalue weighted by atomic mass is 9.87. The maximum absolute atomic E-state index is 12.9. The molecule has 1 saturated heterocycles. The molecule has 0 saturated carbocycles. The van der Waals surface area contributed by atoms with Gasteiger partial charge in [0, 0.05) is 37.5 Å². The first-order valence-electron chi connectivity index (χ1n) is 11.1. The summed E-state index contributed by atoms with van der Waals surface area (Å²) in [5.74, 6) is -3.01. The fourth-order valence-corrected chi connectivity index (χ4v) is 3.80. The van der Waals surface area contributed by atoms with Gasteiger partial charge >= 0.3 is 12.1 Å². The number of benzene rings is 1. The molecule has 2 aliphatic rings. The van der Waals surface area contributed by atoms with E-state index in [1.807, 2.05) is 43.3 Å². The highest BCUT2D eigenvalue weighted by molar-refractivity contribution is 6.39. The van der Waals surface area contributed by atoms with Crippen LogP contribution in [0.15, 0.2) is 53.9 Å². The molecule has 4 rings (SSSR count). The molecule has 2 aromatic rings. The Labute approximate surface area is 204 Å². The molecule has 12 heteroatoms. The third-order valence-electron chi connectivity index (χ3n) is 5.64. The highest BCUT2D eigenvalue weighted by Gasteiger charge is 2.45. The van der Waals surface area contributed by atoms with Crippen molar-refractivity contribution >= 4 is 23.5 Å². The van der Waals surface area contributed by atoms with Gasteiger partial charge in [-0.2, -0.15) is 13.2 Å². The van der Waals surface area contributed by atoms with Crippen molar-refractivity contribution in [2.24, 2.45) is 5.16 Å². The minimum atomic E-state index is -5.08. The van der Waals surface area contributed by atoms with Crippen molar-refractivity contribution in [3.8, 4) is 0 Å². The van der Waals surface area contributed by atoms with Crippen molar-refractivity contribution in [1.29, 1.82) is 0 Å². The van der Waals surface area contributed by atoms with Crippen LogP contribution < -0.4 is 5.32 Å². The van der Waals surface area contributed by atoms with Gasteiger partial charge in [-0.25, -0.2) is 4.79 Å². The second-order valence-corrected chi connectivity index (χ2v) is 8.53. The second kappa shape index (κ2) is 11.2.